The summed E-state index contributed by atoms with van der Waals surface area (Å²) in [5.41, 5.74) is 6.19. The Kier molecular flexibility index (Phi) is 4.06. The number of benzene rings is 1. The average Bonchev–Trinajstić information content (AvgIpc) is 2.15. The molecule has 0 radical (unpaired) electrons. The Labute approximate surface area is 97.3 Å². The summed E-state index contributed by atoms with van der Waals surface area (Å²) < 4.78 is 24.5. The van der Waals surface area contributed by atoms with Gasteiger partial charge in [0.25, 0.3) is 6.43 Å². The number of amidine groups is 1. The van der Waals surface area contributed by atoms with Gasteiger partial charge in [0.15, 0.2) is 0 Å². The van der Waals surface area contributed by atoms with E-state index < -0.39 is 13.0 Å². The van der Waals surface area contributed by atoms with Crippen LogP contribution in [-0.4, -0.2) is 25.9 Å². The van der Waals surface area contributed by atoms with Crippen LogP contribution in [0.2, 0.25) is 5.02 Å². The van der Waals surface area contributed by atoms with Gasteiger partial charge in [-0.3, -0.25) is 5.41 Å². The summed E-state index contributed by atoms with van der Waals surface area (Å²) in [6.07, 6.45) is -2.45. The first-order valence-electron chi connectivity index (χ1n) is 4.55. The third-order valence-electron chi connectivity index (χ3n) is 2.07. The maximum atomic E-state index is 12.2. The van der Waals surface area contributed by atoms with Crippen molar-refractivity contribution in [3.8, 4) is 0 Å². The molecule has 1 aromatic carbocycles. The fraction of sp³-hybridized carbons (Fsp3) is 0.300. The van der Waals surface area contributed by atoms with Gasteiger partial charge in [-0.25, -0.2) is 8.78 Å². The summed E-state index contributed by atoms with van der Waals surface area (Å²) in [5.74, 6) is -0.173. The number of nitrogens with two attached hydrogens (primary N) is 1. The summed E-state index contributed by atoms with van der Waals surface area (Å²) in [6, 6.07) is 4.63. The quantitative estimate of drug-likeness (QED) is 0.634. The summed E-state index contributed by atoms with van der Waals surface area (Å²) >= 11 is 5.78. The van der Waals surface area contributed by atoms with Gasteiger partial charge in [-0.05, 0) is 18.2 Å². The molecule has 16 heavy (non-hydrogen) atoms. The van der Waals surface area contributed by atoms with Crippen molar-refractivity contribution in [1.82, 2.24) is 0 Å². The summed E-state index contributed by atoms with van der Waals surface area (Å²) in [7, 11) is 1.50. The number of anilines is 1. The molecule has 0 unspecified atom stereocenters. The van der Waals surface area contributed by atoms with Gasteiger partial charge in [0.05, 0.1) is 6.54 Å². The molecule has 0 spiro atoms. The largest absolute Gasteiger partial charge is 0.384 e. The van der Waals surface area contributed by atoms with Crippen molar-refractivity contribution in [2.75, 3.05) is 18.5 Å². The molecule has 0 saturated heterocycles. The number of hydrogen-bond acceptors (Lipinski definition) is 2. The fourth-order valence-electron chi connectivity index (χ4n) is 1.35. The third-order valence-corrected chi connectivity index (χ3v) is 2.31. The monoisotopic (exact) mass is 247 g/mol. The van der Waals surface area contributed by atoms with Crippen LogP contribution in [0.4, 0.5) is 14.5 Å². The highest BCUT2D eigenvalue weighted by molar-refractivity contribution is 6.31. The van der Waals surface area contributed by atoms with Crippen molar-refractivity contribution in [1.29, 1.82) is 5.41 Å². The number of nitrogen functional groups attached to an aromatic ring is 1. The molecule has 0 aliphatic heterocycles. The summed E-state index contributed by atoms with van der Waals surface area (Å²) in [6.45, 7) is -0.430. The minimum atomic E-state index is -2.45. The molecule has 0 saturated carbocycles. The smallest absolute Gasteiger partial charge is 0.255 e. The van der Waals surface area contributed by atoms with E-state index in [1.165, 1.54) is 18.0 Å². The van der Waals surface area contributed by atoms with Crippen molar-refractivity contribution < 1.29 is 8.78 Å². The minimum absolute atomic E-state index is 0.173. The first-order valence-corrected chi connectivity index (χ1v) is 4.93. The average molecular weight is 248 g/mol. The van der Waals surface area contributed by atoms with Crippen LogP contribution in [0, 0.1) is 5.41 Å². The van der Waals surface area contributed by atoms with E-state index in [2.05, 4.69) is 0 Å². The molecule has 0 bridgehead atoms. The van der Waals surface area contributed by atoms with Crippen molar-refractivity contribution >= 4 is 23.1 Å². The van der Waals surface area contributed by atoms with Gasteiger partial charge in [0.1, 0.15) is 5.84 Å². The van der Waals surface area contributed by atoms with E-state index in [9.17, 15) is 8.78 Å². The highest BCUT2D eigenvalue weighted by Gasteiger charge is 2.14. The van der Waals surface area contributed by atoms with E-state index in [1.807, 2.05) is 0 Å². The second-order valence-electron chi connectivity index (χ2n) is 3.35. The van der Waals surface area contributed by atoms with Crippen LogP contribution in [0.1, 0.15) is 5.56 Å². The molecule has 0 heterocycles. The molecular formula is C10H12ClF2N3. The highest BCUT2D eigenvalue weighted by atomic mass is 35.5. The van der Waals surface area contributed by atoms with Crippen molar-refractivity contribution in [2.45, 2.75) is 6.43 Å². The zero-order valence-corrected chi connectivity index (χ0v) is 9.43. The first-order chi connectivity index (χ1) is 7.41. The van der Waals surface area contributed by atoms with E-state index in [1.54, 1.807) is 12.1 Å². The molecule has 0 atom stereocenters. The van der Waals surface area contributed by atoms with Crippen molar-refractivity contribution in [3.63, 3.8) is 0 Å². The molecule has 6 heteroatoms. The summed E-state index contributed by atoms with van der Waals surface area (Å²) in [5, 5.41) is 7.76. The molecule has 3 nitrogen and oxygen atoms in total. The zero-order chi connectivity index (χ0) is 12.3. The first kappa shape index (κ1) is 12.7. The Bertz CT molecular complexity index is 396. The van der Waals surface area contributed by atoms with Gasteiger partial charge in [-0.1, -0.05) is 11.6 Å². The van der Waals surface area contributed by atoms with Crippen LogP contribution in [0.5, 0.6) is 0 Å². The van der Waals surface area contributed by atoms with Crippen LogP contribution in [0.15, 0.2) is 18.2 Å². The lowest BCUT2D eigenvalue weighted by atomic mass is 10.1. The fourth-order valence-corrected chi connectivity index (χ4v) is 1.52. The summed E-state index contributed by atoms with van der Waals surface area (Å²) in [4.78, 5) is 1.33. The molecule has 0 aromatic heterocycles. The number of nitrogens with one attached hydrogen (secondary N) is 1. The van der Waals surface area contributed by atoms with E-state index in [4.69, 9.17) is 22.7 Å². The molecule has 0 amide bonds. The molecular weight excluding hydrogens is 236 g/mol. The molecule has 0 fully saturated rings. The number of halogens is 3. The van der Waals surface area contributed by atoms with E-state index >= 15 is 0 Å². The Balaban J connectivity index is 3.09. The number of hydrogen-bond donors (Lipinski definition) is 2. The molecule has 3 N–H and O–H groups in total. The van der Waals surface area contributed by atoms with Crippen LogP contribution in [0.3, 0.4) is 0 Å². The Morgan fingerprint density at radius 3 is 2.69 bits per heavy atom. The maximum Gasteiger partial charge on any atom is 0.255 e. The van der Waals surface area contributed by atoms with E-state index in [0.717, 1.165) is 0 Å². The van der Waals surface area contributed by atoms with Gasteiger partial charge in [0.2, 0.25) is 0 Å². The standard InChI is InChI=1S/C10H12ClF2N3/c1-16(5-9(12)13)8-4-6(11)2-3-7(8)10(14)15/h2-4,9H,5H2,1H3,(H3,14,15). The molecule has 1 rings (SSSR count). The van der Waals surface area contributed by atoms with Gasteiger partial charge in [0, 0.05) is 23.3 Å². The molecule has 88 valence electrons. The topological polar surface area (TPSA) is 53.1 Å². The molecule has 1 aromatic rings. The molecule has 0 aliphatic carbocycles. The predicted octanol–water partition coefficient (Wildman–Crippen LogP) is 2.33. The number of nitrogens with zero attached hydrogens (tertiary/aromatic N) is 1. The van der Waals surface area contributed by atoms with Gasteiger partial charge in [-0.2, -0.15) is 0 Å². The van der Waals surface area contributed by atoms with Gasteiger partial charge < -0.3 is 10.6 Å². The second kappa shape index (κ2) is 5.12. The maximum absolute atomic E-state index is 12.2. The minimum Gasteiger partial charge on any atom is -0.384 e. The lowest BCUT2D eigenvalue weighted by Crippen LogP contribution is -2.27. The number of rotatable bonds is 4. The lowest BCUT2D eigenvalue weighted by Gasteiger charge is -2.21. The normalized spacial score (nSPS) is 10.6. The van der Waals surface area contributed by atoms with Crippen molar-refractivity contribution in [2.24, 2.45) is 5.73 Å². The SMILES string of the molecule is CN(CC(F)F)c1cc(Cl)ccc1C(=N)N. The zero-order valence-electron chi connectivity index (χ0n) is 8.67. The predicted molar refractivity (Wildman–Crippen MR) is 61.7 cm³/mol. The second-order valence-corrected chi connectivity index (χ2v) is 3.78. The number of alkyl halides is 2. The van der Waals surface area contributed by atoms with Gasteiger partial charge in [-0.15, -0.1) is 0 Å². The van der Waals surface area contributed by atoms with E-state index in [0.29, 0.717) is 16.3 Å². The van der Waals surface area contributed by atoms with E-state index in [-0.39, 0.29) is 5.84 Å². The van der Waals surface area contributed by atoms with Crippen molar-refractivity contribution in [3.05, 3.63) is 28.8 Å². The van der Waals surface area contributed by atoms with Gasteiger partial charge >= 0.3 is 0 Å². The third kappa shape index (κ3) is 3.06. The Morgan fingerprint density at radius 2 is 2.19 bits per heavy atom. The van der Waals surface area contributed by atoms with Crippen LogP contribution in [-0.2, 0) is 0 Å². The molecule has 0 aliphatic rings. The Morgan fingerprint density at radius 1 is 1.56 bits per heavy atom. The lowest BCUT2D eigenvalue weighted by molar-refractivity contribution is 0.156. The Hall–Kier alpha value is -1.36. The highest BCUT2D eigenvalue weighted by Crippen LogP contribution is 2.24. The van der Waals surface area contributed by atoms with Crippen LogP contribution in [0.25, 0.3) is 0 Å². The van der Waals surface area contributed by atoms with Crippen LogP contribution < -0.4 is 10.6 Å². The van der Waals surface area contributed by atoms with Crippen LogP contribution >= 0.6 is 11.6 Å².